The first-order valence-corrected chi connectivity index (χ1v) is 13.6. The zero-order valence-electron chi connectivity index (χ0n) is 23.2. The van der Waals surface area contributed by atoms with Crippen LogP contribution in [0.15, 0.2) is 48.5 Å². The number of hydrogen-bond acceptors (Lipinski definition) is 2. The molecule has 0 bridgehead atoms. The Kier molecular flexibility index (Phi) is 11.3. The van der Waals surface area contributed by atoms with Crippen LogP contribution >= 0.6 is 0 Å². The lowest BCUT2D eigenvalue weighted by molar-refractivity contribution is -0.207. The molecule has 0 aliphatic carbocycles. The van der Waals surface area contributed by atoms with Gasteiger partial charge in [0.25, 0.3) is 0 Å². The molecular formula is C32H50O2. The van der Waals surface area contributed by atoms with Crippen molar-refractivity contribution in [1.29, 1.82) is 0 Å². The molecule has 0 saturated heterocycles. The molecule has 2 rings (SSSR count). The van der Waals surface area contributed by atoms with Crippen LogP contribution in [0.2, 0.25) is 0 Å². The summed E-state index contributed by atoms with van der Waals surface area (Å²) < 4.78 is 13.6. The van der Waals surface area contributed by atoms with Crippen molar-refractivity contribution in [2.75, 3.05) is 13.2 Å². The lowest BCUT2D eigenvalue weighted by Gasteiger charge is -2.47. The highest BCUT2D eigenvalue weighted by atomic mass is 16.6. The number of unbranched alkanes of at least 4 members (excludes halogenated alkanes) is 2. The molecule has 0 saturated carbocycles. The first-order chi connectivity index (χ1) is 16.2. The minimum atomic E-state index is -0.605. The van der Waals surface area contributed by atoms with Gasteiger partial charge in [0.1, 0.15) is 11.2 Å². The normalized spacial score (nSPS) is 15.5. The predicted molar refractivity (Wildman–Crippen MR) is 146 cm³/mol. The average molecular weight is 467 g/mol. The Hall–Kier alpha value is -1.64. The largest absolute Gasteiger partial charge is 0.367 e. The fourth-order valence-corrected chi connectivity index (χ4v) is 4.69. The maximum Gasteiger partial charge on any atom is 0.123 e. The van der Waals surface area contributed by atoms with Gasteiger partial charge in [0.2, 0.25) is 0 Å². The molecule has 34 heavy (non-hydrogen) atoms. The summed E-state index contributed by atoms with van der Waals surface area (Å²) in [6.45, 7) is 19.4. The van der Waals surface area contributed by atoms with Gasteiger partial charge in [-0.1, -0.05) is 103 Å². The van der Waals surface area contributed by atoms with E-state index in [0.717, 1.165) is 51.7 Å². The molecule has 0 N–H and O–H groups in total. The average Bonchev–Trinajstić information content (AvgIpc) is 2.79. The van der Waals surface area contributed by atoms with Gasteiger partial charge >= 0.3 is 0 Å². The smallest absolute Gasteiger partial charge is 0.123 e. The van der Waals surface area contributed by atoms with Gasteiger partial charge in [0.05, 0.1) is 0 Å². The quantitative estimate of drug-likeness (QED) is 0.244. The van der Waals surface area contributed by atoms with E-state index in [1.807, 2.05) is 0 Å². The van der Waals surface area contributed by atoms with Crippen molar-refractivity contribution in [3.8, 4) is 0 Å². The molecule has 0 amide bonds. The van der Waals surface area contributed by atoms with Gasteiger partial charge < -0.3 is 9.47 Å². The van der Waals surface area contributed by atoms with E-state index in [4.69, 9.17) is 9.47 Å². The molecule has 190 valence electrons. The van der Waals surface area contributed by atoms with E-state index in [1.165, 1.54) is 22.3 Å². The van der Waals surface area contributed by atoms with E-state index in [9.17, 15) is 0 Å². The van der Waals surface area contributed by atoms with Crippen molar-refractivity contribution < 1.29 is 9.47 Å². The highest BCUT2D eigenvalue weighted by Crippen LogP contribution is 2.46. The summed E-state index contributed by atoms with van der Waals surface area (Å²) in [5.74, 6) is 1.29. The van der Waals surface area contributed by atoms with E-state index >= 15 is 0 Å². The van der Waals surface area contributed by atoms with E-state index in [2.05, 4.69) is 104 Å². The molecule has 2 heteroatoms. The van der Waals surface area contributed by atoms with Gasteiger partial charge in [-0.15, -0.1) is 0 Å². The molecule has 2 atom stereocenters. The number of rotatable bonds is 15. The monoisotopic (exact) mass is 466 g/mol. The summed E-state index contributed by atoms with van der Waals surface area (Å²) in [5, 5.41) is 0. The molecule has 0 aromatic heterocycles. The van der Waals surface area contributed by atoms with Crippen molar-refractivity contribution >= 4 is 0 Å². The van der Waals surface area contributed by atoms with E-state index in [1.54, 1.807) is 0 Å². The summed E-state index contributed by atoms with van der Waals surface area (Å²) in [4.78, 5) is 0. The lowest BCUT2D eigenvalue weighted by Crippen LogP contribution is -2.49. The van der Waals surface area contributed by atoms with Gasteiger partial charge in [-0.25, -0.2) is 0 Å². The van der Waals surface area contributed by atoms with Gasteiger partial charge in [-0.3, -0.25) is 0 Å². The molecule has 0 fully saturated rings. The molecule has 0 aliphatic rings. The first kappa shape index (κ1) is 28.6. The second-order valence-corrected chi connectivity index (χ2v) is 11.1. The van der Waals surface area contributed by atoms with Crippen LogP contribution in [0.4, 0.5) is 0 Å². The van der Waals surface area contributed by atoms with Crippen molar-refractivity contribution in [1.82, 2.24) is 0 Å². The van der Waals surface area contributed by atoms with Crippen LogP contribution in [0.1, 0.15) is 103 Å². The highest BCUT2D eigenvalue weighted by molar-refractivity contribution is 5.36. The Morgan fingerprint density at radius 1 is 0.588 bits per heavy atom. The second-order valence-electron chi connectivity index (χ2n) is 11.1. The van der Waals surface area contributed by atoms with Crippen LogP contribution in [-0.4, -0.2) is 13.2 Å². The van der Waals surface area contributed by atoms with Crippen molar-refractivity contribution in [3.63, 3.8) is 0 Å². The number of benzene rings is 2. The van der Waals surface area contributed by atoms with Crippen LogP contribution < -0.4 is 0 Å². The summed E-state index contributed by atoms with van der Waals surface area (Å²) in [6, 6.07) is 18.1. The van der Waals surface area contributed by atoms with E-state index < -0.39 is 11.2 Å². The number of ether oxygens (including phenoxy) is 2. The second kappa shape index (κ2) is 13.4. The zero-order valence-corrected chi connectivity index (χ0v) is 23.2. The summed E-state index contributed by atoms with van der Waals surface area (Å²) in [5.41, 5.74) is 3.91. The van der Waals surface area contributed by atoms with Crippen molar-refractivity contribution in [2.24, 2.45) is 11.8 Å². The van der Waals surface area contributed by atoms with Crippen molar-refractivity contribution in [3.05, 3.63) is 70.8 Å². The summed E-state index contributed by atoms with van der Waals surface area (Å²) >= 11 is 0. The molecule has 2 aromatic carbocycles. The highest BCUT2D eigenvalue weighted by Gasteiger charge is 2.49. The Balaban J connectivity index is 2.53. The number of hydrogen-bond donors (Lipinski definition) is 0. The van der Waals surface area contributed by atoms with Gasteiger partial charge in [0, 0.05) is 13.2 Å². The Bertz CT molecular complexity index is 750. The Morgan fingerprint density at radius 2 is 0.912 bits per heavy atom. The molecular weight excluding hydrogens is 416 g/mol. The molecule has 0 heterocycles. The molecule has 2 nitrogen and oxygen atoms in total. The van der Waals surface area contributed by atoms with Gasteiger partial charge in [-0.05, 0) is 73.6 Å². The third kappa shape index (κ3) is 7.43. The van der Waals surface area contributed by atoms with Crippen LogP contribution in [0.3, 0.4) is 0 Å². The van der Waals surface area contributed by atoms with Crippen LogP contribution in [0.5, 0.6) is 0 Å². The van der Waals surface area contributed by atoms with Crippen LogP contribution in [-0.2, 0) is 33.5 Å². The van der Waals surface area contributed by atoms with Gasteiger partial charge in [0.15, 0.2) is 0 Å². The van der Waals surface area contributed by atoms with Crippen molar-refractivity contribution in [2.45, 2.75) is 105 Å². The van der Waals surface area contributed by atoms with Gasteiger partial charge in [-0.2, -0.15) is 0 Å². The predicted octanol–water partition coefficient (Wildman–Crippen LogP) is 8.85. The topological polar surface area (TPSA) is 18.5 Å². The maximum absolute atomic E-state index is 6.80. The summed E-state index contributed by atoms with van der Waals surface area (Å²) in [7, 11) is 0. The SMILES string of the molecule is CCCCOC(C)(c1ccc(CC(C)C)cc1)C(C)(OCCCC)c1ccc(CC(C)C)cc1. The molecule has 0 spiro atoms. The molecule has 2 unspecified atom stereocenters. The fourth-order valence-electron chi connectivity index (χ4n) is 4.69. The minimum absolute atomic E-state index is 0.605. The minimum Gasteiger partial charge on any atom is -0.367 e. The maximum atomic E-state index is 6.80. The Morgan fingerprint density at radius 3 is 1.18 bits per heavy atom. The third-order valence-electron chi connectivity index (χ3n) is 6.99. The van der Waals surface area contributed by atoms with E-state index in [0.29, 0.717) is 11.8 Å². The lowest BCUT2D eigenvalue weighted by atomic mass is 9.74. The zero-order chi connectivity index (χ0) is 25.2. The van der Waals surface area contributed by atoms with Crippen LogP contribution in [0, 0.1) is 11.8 Å². The van der Waals surface area contributed by atoms with Crippen LogP contribution in [0.25, 0.3) is 0 Å². The molecule has 0 radical (unpaired) electrons. The fraction of sp³-hybridized carbons (Fsp3) is 0.625. The molecule has 0 aliphatic heterocycles. The molecule has 2 aromatic rings. The standard InChI is InChI=1S/C32H50O2/c1-9-11-21-33-31(7,29-17-13-27(14-18-29)23-25(3)4)32(8,34-22-12-10-2)30-19-15-28(16-20-30)24-26(5)6/h13-20,25-26H,9-12,21-24H2,1-8H3. The Labute approximate surface area is 210 Å². The first-order valence-electron chi connectivity index (χ1n) is 13.6. The third-order valence-corrected chi connectivity index (χ3v) is 6.99. The van der Waals surface area contributed by atoms with E-state index in [-0.39, 0.29) is 0 Å². The summed E-state index contributed by atoms with van der Waals surface area (Å²) in [6.07, 6.45) is 6.49.